The van der Waals surface area contributed by atoms with Crippen molar-refractivity contribution < 1.29 is 34.3 Å². The molecule has 1 aliphatic heterocycles. The van der Waals surface area contributed by atoms with Gasteiger partial charge in [-0.2, -0.15) is 0 Å². The molecular formula is C40H42O7. The first-order chi connectivity index (χ1) is 22.8. The summed E-state index contributed by atoms with van der Waals surface area (Å²) in [5, 5.41) is 11.5. The second kappa shape index (κ2) is 17.5. The van der Waals surface area contributed by atoms with Crippen LogP contribution < -0.4 is 0 Å². The number of para-hydroxylation sites is 1. The number of phenolic OH excluding ortho intramolecular Hbond substituents is 1. The van der Waals surface area contributed by atoms with E-state index in [2.05, 4.69) is 0 Å². The molecule has 5 aromatic rings. The minimum atomic E-state index is -0.431. The van der Waals surface area contributed by atoms with E-state index in [1.165, 1.54) is 0 Å². The highest BCUT2D eigenvalue weighted by atomic mass is 16.6. The fraction of sp³-hybridized carbons (Fsp3) is 0.250. The van der Waals surface area contributed by atoms with Crippen LogP contribution in [0.5, 0.6) is 5.75 Å². The highest BCUT2D eigenvalue weighted by molar-refractivity contribution is 5.40. The van der Waals surface area contributed by atoms with Crippen LogP contribution in [0, 0.1) is 0 Å². The van der Waals surface area contributed by atoms with E-state index in [1.54, 1.807) is 0 Å². The number of phenols is 1. The third-order valence-electron chi connectivity index (χ3n) is 8.15. The van der Waals surface area contributed by atoms with Crippen LogP contribution in [0.25, 0.3) is 0 Å². The molecule has 0 radical (unpaired) electrons. The molecule has 5 aromatic carbocycles. The molecule has 2 bridgehead atoms. The summed E-state index contributed by atoms with van der Waals surface area (Å²) >= 11 is 0. The summed E-state index contributed by atoms with van der Waals surface area (Å²) in [4.78, 5) is 0. The van der Waals surface area contributed by atoms with E-state index < -0.39 is 24.4 Å². The molecule has 0 fully saturated rings. The summed E-state index contributed by atoms with van der Waals surface area (Å²) in [5.74, 6) is 0.157. The Balaban J connectivity index is 0.00000433. The van der Waals surface area contributed by atoms with E-state index in [0.29, 0.717) is 37.6 Å². The number of ether oxygens (including phenoxy) is 5. The van der Waals surface area contributed by atoms with Crippen LogP contribution in [-0.2, 0) is 36.9 Å². The van der Waals surface area contributed by atoms with E-state index in [9.17, 15) is 5.11 Å². The summed E-state index contributed by atoms with van der Waals surface area (Å²) in [6.45, 7) is 1.88. The Morgan fingerprint density at radius 3 is 1.04 bits per heavy atom. The van der Waals surface area contributed by atoms with Crippen LogP contribution in [0.1, 0.15) is 57.8 Å². The molecule has 4 atom stereocenters. The van der Waals surface area contributed by atoms with E-state index in [1.807, 2.05) is 140 Å². The highest BCUT2D eigenvalue weighted by Crippen LogP contribution is 2.39. The van der Waals surface area contributed by atoms with Crippen molar-refractivity contribution in [1.82, 2.24) is 0 Å². The average Bonchev–Trinajstić information content (AvgIpc) is 3.12. The van der Waals surface area contributed by atoms with Gasteiger partial charge in [-0.3, -0.25) is 0 Å². The van der Waals surface area contributed by atoms with Gasteiger partial charge in [-0.25, -0.2) is 0 Å². The fourth-order valence-electron chi connectivity index (χ4n) is 5.81. The van der Waals surface area contributed by atoms with E-state index in [0.717, 1.165) is 22.3 Å². The van der Waals surface area contributed by atoms with Crippen molar-refractivity contribution in [3.63, 3.8) is 0 Å². The Hall–Kier alpha value is -4.34. The maximum absolute atomic E-state index is 11.5. The van der Waals surface area contributed by atoms with Gasteiger partial charge in [0.05, 0.1) is 39.6 Å². The molecule has 0 saturated carbocycles. The lowest BCUT2D eigenvalue weighted by Gasteiger charge is -2.30. The predicted molar refractivity (Wildman–Crippen MR) is 181 cm³/mol. The van der Waals surface area contributed by atoms with Gasteiger partial charge in [0, 0.05) is 11.1 Å². The molecule has 0 aromatic heterocycles. The van der Waals surface area contributed by atoms with Crippen molar-refractivity contribution in [3.8, 4) is 5.75 Å². The van der Waals surface area contributed by atoms with Crippen LogP contribution in [-0.4, -0.2) is 37.0 Å². The number of hydrogen-bond donors (Lipinski definition) is 1. The number of rotatable bonds is 4. The minimum absolute atomic E-state index is 0. The molecule has 6 rings (SSSR count). The van der Waals surface area contributed by atoms with E-state index >= 15 is 0 Å². The first-order valence-corrected chi connectivity index (χ1v) is 15.8. The van der Waals surface area contributed by atoms with E-state index in [4.69, 9.17) is 23.7 Å². The topological polar surface area (TPSA) is 97.9 Å². The lowest BCUT2D eigenvalue weighted by atomic mass is 9.97. The van der Waals surface area contributed by atoms with E-state index in [-0.39, 0.29) is 24.4 Å². The number of benzene rings is 5. The largest absolute Gasteiger partial charge is 0.507 e. The smallest absolute Gasteiger partial charge is 0.126 e. The predicted octanol–water partition coefficient (Wildman–Crippen LogP) is 7.63. The number of fused-ring (bicyclic) bond motifs is 2. The highest BCUT2D eigenvalue weighted by Gasteiger charge is 2.29. The molecule has 0 spiro atoms. The molecular weight excluding hydrogens is 592 g/mol. The van der Waals surface area contributed by atoms with Gasteiger partial charge in [-0.1, -0.05) is 140 Å². The summed E-state index contributed by atoms with van der Waals surface area (Å²) < 4.78 is 32.3. The van der Waals surface area contributed by atoms with Crippen molar-refractivity contribution in [2.24, 2.45) is 0 Å². The maximum atomic E-state index is 11.5. The van der Waals surface area contributed by atoms with Crippen LogP contribution in [0.4, 0.5) is 0 Å². The van der Waals surface area contributed by atoms with Gasteiger partial charge in [-0.05, 0) is 22.3 Å². The number of hydrogen-bond acceptors (Lipinski definition) is 6. The SMILES string of the molecule is O.Oc1c2cccc1CO[C@H](c1ccccc1)[C@@H](c1ccccc1)OCCOCCO[C@H](c1ccccc1)[C@@H](c1ccccc1)OC2. The summed E-state index contributed by atoms with van der Waals surface area (Å²) in [7, 11) is 0. The standard InChI is InChI=1S/C40H40O6.H2O/c41-36-34-22-13-23-35(36)29-46-40(33-20-11-4-12-21-33)38(31-16-7-2-8-17-31)44-27-25-42-24-26-43-37(30-14-5-1-6-15-30)39(45-28-34)32-18-9-3-10-19-32;/h1-23,37-41H,24-29H2;1H2/t37-,38-,39-,40-;/m1./s1. The average molecular weight is 635 g/mol. The molecule has 244 valence electrons. The molecule has 7 nitrogen and oxygen atoms in total. The quantitative estimate of drug-likeness (QED) is 0.218. The van der Waals surface area contributed by atoms with Gasteiger partial charge in [0.1, 0.15) is 30.2 Å². The van der Waals surface area contributed by atoms with Crippen molar-refractivity contribution >= 4 is 0 Å². The molecule has 1 aliphatic rings. The molecule has 47 heavy (non-hydrogen) atoms. The van der Waals surface area contributed by atoms with Crippen LogP contribution in [0.15, 0.2) is 140 Å². The normalized spacial score (nSPS) is 21.4. The zero-order valence-corrected chi connectivity index (χ0v) is 26.3. The van der Waals surface area contributed by atoms with Crippen LogP contribution in [0.2, 0.25) is 0 Å². The third kappa shape index (κ3) is 8.93. The molecule has 0 amide bonds. The zero-order chi connectivity index (χ0) is 31.4. The second-order valence-electron chi connectivity index (χ2n) is 11.2. The Kier molecular flexibility index (Phi) is 12.7. The van der Waals surface area contributed by atoms with Crippen molar-refractivity contribution in [2.75, 3.05) is 26.4 Å². The summed E-state index contributed by atoms with van der Waals surface area (Å²) in [6, 6.07) is 46.0. The third-order valence-corrected chi connectivity index (χ3v) is 8.15. The summed E-state index contributed by atoms with van der Waals surface area (Å²) in [5.41, 5.74) is 5.31. The van der Waals surface area contributed by atoms with Gasteiger partial charge in [0.25, 0.3) is 0 Å². The molecule has 7 heteroatoms. The maximum Gasteiger partial charge on any atom is 0.126 e. The monoisotopic (exact) mass is 634 g/mol. The van der Waals surface area contributed by atoms with Gasteiger partial charge >= 0.3 is 0 Å². The number of aromatic hydroxyl groups is 1. The minimum Gasteiger partial charge on any atom is -0.507 e. The van der Waals surface area contributed by atoms with Gasteiger partial charge in [0.2, 0.25) is 0 Å². The Bertz CT molecular complexity index is 1480. The molecule has 0 unspecified atom stereocenters. The van der Waals surface area contributed by atoms with Gasteiger partial charge in [0.15, 0.2) is 0 Å². The Morgan fingerprint density at radius 2 is 0.702 bits per heavy atom. The lowest BCUT2D eigenvalue weighted by Crippen LogP contribution is -2.22. The van der Waals surface area contributed by atoms with Gasteiger partial charge < -0.3 is 34.3 Å². The fourth-order valence-corrected chi connectivity index (χ4v) is 5.81. The zero-order valence-electron chi connectivity index (χ0n) is 26.3. The van der Waals surface area contributed by atoms with Crippen molar-refractivity contribution in [1.29, 1.82) is 0 Å². The van der Waals surface area contributed by atoms with Crippen molar-refractivity contribution in [2.45, 2.75) is 37.6 Å². The van der Waals surface area contributed by atoms with Gasteiger partial charge in [-0.15, -0.1) is 0 Å². The Labute approximate surface area is 276 Å². The first-order valence-electron chi connectivity index (χ1n) is 15.8. The molecule has 0 aliphatic carbocycles. The second-order valence-corrected chi connectivity index (χ2v) is 11.2. The first kappa shape index (κ1) is 34.0. The Morgan fingerprint density at radius 1 is 0.383 bits per heavy atom. The van der Waals surface area contributed by atoms with Crippen LogP contribution in [0.3, 0.4) is 0 Å². The molecule has 3 N–H and O–H groups in total. The molecule has 1 heterocycles. The lowest BCUT2D eigenvalue weighted by molar-refractivity contribution is -0.109. The van der Waals surface area contributed by atoms with Crippen molar-refractivity contribution in [3.05, 3.63) is 173 Å². The summed E-state index contributed by atoms with van der Waals surface area (Å²) in [6.07, 6.45) is -1.66. The van der Waals surface area contributed by atoms with Crippen LogP contribution >= 0.6 is 0 Å². The molecule has 0 saturated heterocycles.